The third-order valence-electron chi connectivity index (χ3n) is 5.51. The average Bonchev–Trinajstić information content (AvgIpc) is 3.31. The van der Waals surface area contributed by atoms with Crippen LogP contribution in [0.3, 0.4) is 0 Å². The summed E-state index contributed by atoms with van der Waals surface area (Å²) in [6.45, 7) is 2.77. The van der Waals surface area contributed by atoms with Crippen molar-refractivity contribution in [1.82, 2.24) is 10.2 Å². The highest BCUT2D eigenvalue weighted by molar-refractivity contribution is 7.08. The fraction of sp³-hybridized carbons (Fsp3) is 0.500. The van der Waals surface area contributed by atoms with Crippen LogP contribution in [0.15, 0.2) is 22.9 Å². The van der Waals surface area contributed by atoms with Gasteiger partial charge in [-0.2, -0.15) is 11.3 Å². The summed E-state index contributed by atoms with van der Waals surface area (Å²) < 4.78 is 0. The highest BCUT2D eigenvalue weighted by Gasteiger charge is 2.58. The van der Waals surface area contributed by atoms with Gasteiger partial charge in [0.15, 0.2) is 0 Å². The molecule has 4 rings (SSSR count). The van der Waals surface area contributed by atoms with Gasteiger partial charge in [-0.05, 0) is 42.5 Å². The van der Waals surface area contributed by atoms with E-state index in [0.717, 1.165) is 12.0 Å². The first-order valence-electron chi connectivity index (χ1n) is 8.42. The van der Waals surface area contributed by atoms with Gasteiger partial charge in [0.1, 0.15) is 0 Å². The molecule has 0 spiro atoms. The zero-order chi connectivity index (χ0) is 16.8. The minimum absolute atomic E-state index is 0.0122. The molecule has 6 heteroatoms. The molecule has 126 valence electrons. The van der Waals surface area contributed by atoms with E-state index < -0.39 is 0 Å². The van der Waals surface area contributed by atoms with Gasteiger partial charge in [0.05, 0.1) is 17.4 Å². The lowest BCUT2D eigenvalue weighted by Gasteiger charge is -2.17. The monoisotopic (exact) mass is 344 g/mol. The lowest BCUT2D eigenvalue weighted by molar-refractivity contribution is -0.140. The number of hydrogen-bond donors (Lipinski definition) is 1. The number of allylic oxidation sites excluding steroid dienone is 2. The van der Waals surface area contributed by atoms with E-state index in [2.05, 4.69) is 17.5 Å². The maximum Gasteiger partial charge on any atom is 0.252 e. The second-order valence-corrected chi connectivity index (χ2v) is 7.65. The van der Waals surface area contributed by atoms with Crippen molar-refractivity contribution in [1.29, 1.82) is 0 Å². The SMILES string of the molecule is Cc1cscc1C(=O)NCCCN1C(=O)C2C3C=CC(C3)C2C1=O. The summed E-state index contributed by atoms with van der Waals surface area (Å²) >= 11 is 1.51. The summed E-state index contributed by atoms with van der Waals surface area (Å²) in [4.78, 5) is 38.5. The Bertz CT molecular complexity index is 708. The van der Waals surface area contributed by atoms with Crippen molar-refractivity contribution >= 4 is 29.1 Å². The zero-order valence-corrected chi connectivity index (χ0v) is 14.3. The number of thiophene rings is 1. The van der Waals surface area contributed by atoms with E-state index in [1.54, 1.807) is 0 Å². The van der Waals surface area contributed by atoms with Gasteiger partial charge in [-0.25, -0.2) is 0 Å². The molecular weight excluding hydrogens is 324 g/mol. The molecule has 1 aromatic rings. The molecule has 2 fully saturated rings. The summed E-state index contributed by atoms with van der Waals surface area (Å²) in [5.74, 6) is 0.132. The minimum Gasteiger partial charge on any atom is -0.352 e. The van der Waals surface area contributed by atoms with Crippen LogP contribution in [0.25, 0.3) is 0 Å². The normalized spacial score (nSPS) is 30.3. The molecule has 5 nitrogen and oxygen atoms in total. The maximum atomic E-state index is 12.5. The first-order valence-corrected chi connectivity index (χ1v) is 9.36. The number of hydrogen-bond acceptors (Lipinski definition) is 4. The van der Waals surface area contributed by atoms with Crippen LogP contribution >= 0.6 is 11.3 Å². The second-order valence-electron chi connectivity index (χ2n) is 6.91. The number of carbonyl (C=O) groups is 3. The molecule has 24 heavy (non-hydrogen) atoms. The van der Waals surface area contributed by atoms with E-state index in [1.807, 2.05) is 17.7 Å². The Hall–Kier alpha value is -1.95. The molecule has 0 aromatic carbocycles. The molecule has 2 bridgehead atoms. The molecule has 1 N–H and O–H groups in total. The summed E-state index contributed by atoms with van der Waals surface area (Å²) in [6, 6.07) is 0. The molecule has 1 aromatic heterocycles. The topological polar surface area (TPSA) is 66.5 Å². The summed E-state index contributed by atoms with van der Waals surface area (Å²) in [7, 11) is 0. The van der Waals surface area contributed by atoms with Crippen molar-refractivity contribution in [3.63, 3.8) is 0 Å². The number of likely N-dealkylation sites (tertiary alicyclic amines) is 1. The van der Waals surface area contributed by atoms with E-state index in [1.165, 1.54) is 16.2 Å². The quantitative estimate of drug-likeness (QED) is 0.505. The van der Waals surface area contributed by atoms with E-state index in [0.29, 0.717) is 25.1 Å². The van der Waals surface area contributed by atoms with Crippen LogP contribution in [0.5, 0.6) is 0 Å². The van der Waals surface area contributed by atoms with Crippen LogP contribution in [0.2, 0.25) is 0 Å². The number of imide groups is 1. The number of nitrogens with zero attached hydrogens (tertiary/aromatic N) is 1. The molecule has 3 amide bonds. The first kappa shape index (κ1) is 15.6. The van der Waals surface area contributed by atoms with Gasteiger partial charge in [-0.15, -0.1) is 0 Å². The van der Waals surface area contributed by atoms with Crippen molar-refractivity contribution in [2.24, 2.45) is 23.7 Å². The van der Waals surface area contributed by atoms with Crippen LogP contribution in [0.1, 0.15) is 28.8 Å². The van der Waals surface area contributed by atoms with Gasteiger partial charge in [-0.1, -0.05) is 12.2 Å². The molecule has 4 unspecified atom stereocenters. The molecule has 2 heterocycles. The number of nitrogens with one attached hydrogen (secondary N) is 1. The van der Waals surface area contributed by atoms with Gasteiger partial charge in [0.2, 0.25) is 11.8 Å². The molecule has 2 aliphatic carbocycles. The van der Waals surface area contributed by atoms with Gasteiger partial charge in [-0.3, -0.25) is 19.3 Å². The Morgan fingerprint density at radius 2 is 1.88 bits per heavy atom. The fourth-order valence-corrected chi connectivity index (χ4v) is 5.14. The Labute approximate surface area is 144 Å². The minimum atomic E-state index is -0.129. The predicted octanol–water partition coefficient (Wildman–Crippen LogP) is 1.98. The van der Waals surface area contributed by atoms with Gasteiger partial charge in [0, 0.05) is 18.5 Å². The third-order valence-corrected chi connectivity index (χ3v) is 6.37. The van der Waals surface area contributed by atoms with Crippen LogP contribution in [0.4, 0.5) is 0 Å². The molecule has 3 aliphatic rings. The summed E-state index contributed by atoms with van der Waals surface area (Å²) in [5.41, 5.74) is 1.67. The maximum absolute atomic E-state index is 12.5. The van der Waals surface area contributed by atoms with Crippen molar-refractivity contribution in [3.05, 3.63) is 34.0 Å². The van der Waals surface area contributed by atoms with E-state index in [9.17, 15) is 14.4 Å². The van der Waals surface area contributed by atoms with Gasteiger partial charge < -0.3 is 5.32 Å². The fourth-order valence-electron chi connectivity index (χ4n) is 4.31. The highest BCUT2D eigenvalue weighted by Crippen LogP contribution is 2.52. The van der Waals surface area contributed by atoms with Crippen molar-refractivity contribution in [2.75, 3.05) is 13.1 Å². The molecule has 1 saturated carbocycles. The van der Waals surface area contributed by atoms with Gasteiger partial charge in [0.25, 0.3) is 5.91 Å². The number of rotatable bonds is 5. The van der Waals surface area contributed by atoms with Gasteiger partial charge >= 0.3 is 0 Å². The zero-order valence-electron chi connectivity index (χ0n) is 13.5. The van der Waals surface area contributed by atoms with E-state index >= 15 is 0 Å². The van der Waals surface area contributed by atoms with Crippen LogP contribution < -0.4 is 5.32 Å². The number of aryl methyl sites for hydroxylation is 1. The standard InChI is InChI=1S/C18H20N2O3S/c1-10-8-24-9-13(10)16(21)19-5-2-6-20-17(22)14-11-3-4-12(7-11)15(14)18(20)23/h3-4,8-9,11-12,14-15H,2,5-7H2,1H3,(H,19,21). The smallest absolute Gasteiger partial charge is 0.252 e. The lowest BCUT2D eigenvalue weighted by atomic mass is 9.85. The van der Waals surface area contributed by atoms with Crippen molar-refractivity contribution in [3.8, 4) is 0 Å². The van der Waals surface area contributed by atoms with Crippen LogP contribution in [-0.4, -0.2) is 35.7 Å². The highest BCUT2D eigenvalue weighted by atomic mass is 32.1. The molecule has 4 atom stereocenters. The number of fused-ring (bicyclic) bond motifs is 5. The number of amides is 3. The van der Waals surface area contributed by atoms with Crippen molar-refractivity contribution in [2.45, 2.75) is 19.8 Å². The predicted molar refractivity (Wildman–Crippen MR) is 90.4 cm³/mol. The summed E-state index contributed by atoms with van der Waals surface area (Å²) in [5, 5.41) is 6.64. The van der Waals surface area contributed by atoms with E-state index in [-0.39, 0.29) is 41.4 Å². The largest absolute Gasteiger partial charge is 0.352 e. The molecular formula is C18H20N2O3S. The Kier molecular flexibility index (Phi) is 3.79. The van der Waals surface area contributed by atoms with Crippen LogP contribution in [0, 0.1) is 30.6 Å². The second kappa shape index (κ2) is 5.84. The van der Waals surface area contributed by atoms with Crippen LogP contribution in [-0.2, 0) is 9.59 Å². The first-order chi connectivity index (χ1) is 11.6. The Morgan fingerprint density at radius 1 is 1.21 bits per heavy atom. The van der Waals surface area contributed by atoms with E-state index in [4.69, 9.17) is 0 Å². The molecule has 1 saturated heterocycles. The lowest BCUT2D eigenvalue weighted by Crippen LogP contribution is -2.35. The molecule has 1 aliphatic heterocycles. The summed E-state index contributed by atoms with van der Waals surface area (Å²) in [6.07, 6.45) is 5.75. The Balaban J connectivity index is 1.30. The number of carbonyl (C=O) groups excluding carboxylic acids is 3. The Morgan fingerprint density at radius 3 is 2.46 bits per heavy atom. The third kappa shape index (κ3) is 2.32. The molecule has 0 radical (unpaired) electrons. The average molecular weight is 344 g/mol. The van der Waals surface area contributed by atoms with Crippen molar-refractivity contribution < 1.29 is 14.4 Å².